The third kappa shape index (κ3) is 2.29. The average Bonchev–Trinajstić information content (AvgIpc) is 2.61. The van der Waals surface area contributed by atoms with Gasteiger partial charge in [0.25, 0.3) is 0 Å². The lowest BCUT2D eigenvalue weighted by atomic mass is 10.0. The zero-order chi connectivity index (χ0) is 13.2. The summed E-state index contributed by atoms with van der Waals surface area (Å²) in [7, 11) is 0. The molecule has 1 aliphatic heterocycles. The Bertz CT molecular complexity index is 692. The van der Waals surface area contributed by atoms with E-state index in [0.717, 1.165) is 11.3 Å². The monoisotopic (exact) mass is 272 g/mol. The predicted octanol–water partition coefficient (Wildman–Crippen LogP) is 4.03. The summed E-state index contributed by atoms with van der Waals surface area (Å²) in [6.07, 6.45) is 1.71. The fourth-order valence-electron chi connectivity index (χ4n) is 2.05. The second-order valence-corrected chi connectivity index (χ2v) is 4.58. The SMILES string of the molecule is Fc1ccccc1C1=NCC=Nc2ccc(Cl)cc21. The molecular formula is C15H10ClFN2. The fourth-order valence-corrected chi connectivity index (χ4v) is 2.22. The van der Waals surface area contributed by atoms with Gasteiger partial charge in [0.2, 0.25) is 0 Å². The lowest BCUT2D eigenvalue weighted by Gasteiger charge is -2.09. The van der Waals surface area contributed by atoms with E-state index in [1.807, 2.05) is 6.07 Å². The summed E-state index contributed by atoms with van der Waals surface area (Å²) in [4.78, 5) is 8.72. The van der Waals surface area contributed by atoms with Crippen molar-refractivity contribution in [2.45, 2.75) is 0 Å². The van der Waals surface area contributed by atoms with Crippen LogP contribution in [-0.2, 0) is 0 Å². The van der Waals surface area contributed by atoms with Crippen LogP contribution in [0.15, 0.2) is 52.4 Å². The Balaban J connectivity index is 2.22. The van der Waals surface area contributed by atoms with Crippen LogP contribution in [0.1, 0.15) is 11.1 Å². The number of fused-ring (bicyclic) bond motifs is 1. The van der Waals surface area contributed by atoms with Crippen molar-refractivity contribution in [2.75, 3.05) is 6.54 Å². The number of nitrogens with zero attached hydrogens (tertiary/aromatic N) is 2. The molecule has 0 radical (unpaired) electrons. The van der Waals surface area contributed by atoms with Crippen LogP contribution < -0.4 is 0 Å². The van der Waals surface area contributed by atoms with E-state index in [4.69, 9.17) is 11.6 Å². The highest BCUT2D eigenvalue weighted by Gasteiger charge is 2.16. The number of rotatable bonds is 1. The second kappa shape index (κ2) is 4.94. The molecule has 1 heterocycles. The molecule has 2 nitrogen and oxygen atoms in total. The van der Waals surface area contributed by atoms with E-state index in [-0.39, 0.29) is 5.82 Å². The van der Waals surface area contributed by atoms with Crippen LogP contribution in [0.4, 0.5) is 10.1 Å². The van der Waals surface area contributed by atoms with Crippen molar-refractivity contribution < 1.29 is 4.39 Å². The van der Waals surface area contributed by atoms with Crippen molar-refractivity contribution in [3.05, 3.63) is 64.4 Å². The van der Waals surface area contributed by atoms with Crippen molar-refractivity contribution in [3.8, 4) is 0 Å². The van der Waals surface area contributed by atoms with Crippen LogP contribution in [0.3, 0.4) is 0 Å². The highest BCUT2D eigenvalue weighted by atomic mass is 35.5. The molecule has 0 N–H and O–H groups in total. The number of hydrogen-bond acceptors (Lipinski definition) is 2. The van der Waals surface area contributed by atoms with Crippen LogP contribution in [0.25, 0.3) is 0 Å². The summed E-state index contributed by atoms with van der Waals surface area (Å²) in [6.45, 7) is 0.427. The normalized spacial score (nSPS) is 13.7. The van der Waals surface area contributed by atoms with Crippen molar-refractivity contribution in [3.63, 3.8) is 0 Å². The molecule has 0 amide bonds. The summed E-state index contributed by atoms with van der Waals surface area (Å²) in [6, 6.07) is 11.9. The van der Waals surface area contributed by atoms with Gasteiger partial charge in [-0.15, -0.1) is 0 Å². The largest absolute Gasteiger partial charge is 0.278 e. The summed E-state index contributed by atoms with van der Waals surface area (Å²) < 4.78 is 13.9. The van der Waals surface area contributed by atoms with E-state index in [1.54, 1.807) is 36.5 Å². The van der Waals surface area contributed by atoms with Gasteiger partial charge in [-0.25, -0.2) is 4.39 Å². The molecule has 0 spiro atoms. The Morgan fingerprint density at radius 3 is 2.74 bits per heavy atom. The number of aliphatic imine (C=N–C) groups is 2. The number of hydrogen-bond donors (Lipinski definition) is 0. The van der Waals surface area contributed by atoms with Gasteiger partial charge < -0.3 is 0 Å². The van der Waals surface area contributed by atoms with Crippen molar-refractivity contribution in [1.82, 2.24) is 0 Å². The molecule has 2 aromatic rings. The predicted molar refractivity (Wildman–Crippen MR) is 76.5 cm³/mol. The topological polar surface area (TPSA) is 24.7 Å². The third-order valence-corrected chi connectivity index (χ3v) is 3.14. The van der Waals surface area contributed by atoms with E-state index < -0.39 is 0 Å². The molecule has 2 aromatic carbocycles. The molecule has 94 valence electrons. The highest BCUT2D eigenvalue weighted by molar-refractivity contribution is 6.31. The molecule has 0 aromatic heterocycles. The molecule has 4 heteroatoms. The quantitative estimate of drug-likeness (QED) is 0.749. The van der Waals surface area contributed by atoms with E-state index in [9.17, 15) is 4.39 Å². The van der Waals surface area contributed by atoms with Gasteiger partial charge in [0.15, 0.2) is 0 Å². The maximum atomic E-state index is 13.9. The first-order chi connectivity index (χ1) is 9.25. The van der Waals surface area contributed by atoms with Gasteiger partial charge in [-0.1, -0.05) is 23.7 Å². The Hall–Kier alpha value is -2.00. The zero-order valence-corrected chi connectivity index (χ0v) is 10.7. The summed E-state index contributed by atoms with van der Waals surface area (Å²) in [5.74, 6) is -0.297. The first-order valence-electron chi connectivity index (χ1n) is 5.87. The smallest absolute Gasteiger partial charge is 0.132 e. The van der Waals surface area contributed by atoms with Gasteiger partial charge in [0.05, 0.1) is 17.9 Å². The Kier molecular flexibility index (Phi) is 3.13. The minimum absolute atomic E-state index is 0.297. The van der Waals surface area contributed by atoms with Gasteiger partial charge >= 0.3 is 0 Å². The molecular weight excluding hydrogens is 263 g/mol. The minimum Gasteiger partial charge on any atom is -0.278 e. The Morgan fingerprint density at radius 2 is 1.89 bits per heavy atom. The molecule has 1 aliphatic rings. The molecule has 0 fully saturated rings. The van der Waals surface area contributed by atoms with E-state index in [1.165, 1.54) is 6.07 Å². The lowest BCUT2D eigenvalue weighted by Crippen LogP contribution is -2.06. The van der Waals surface area contributed by atoms with Crippen molar-refractivity contribution in [1.29, 1.82) is 0 Å². The highest BCUT2D eigenvalue weighted by Crippen LogP contribution is 2.28. The van der Waals surface area contributed by atoms with E-state index >= 15 is 0 Å². The van der Waals surface area contributed by atoms with Crippen LogP contribution >= 0.6 is 11.6 Å². The minimum atomic E-state index is -0.297. The van der Waals surface area contributed by atoms with Crippen LogP contribution in [0.5, 0.6) is 0 Å². The first kappa shape index (κ1) is 12.1. The molecule has 0 saturated carbocycles. The van der Waals surface area contributed by atoms with Gasteiger partial charge in [-0.05, 0) is 30.3 Å². The Labute approximate surface area is 115 Å². The second-order valence-electron chi connectivity index (χ2n) is 4.14. The molecule has 0 unspecified atom stereocenters. The number of benzene rings is 2. The zero-order valence-electron chi connectivity index (χ0n) is 9.98. The molecule has 3 rings (SSSR count). The van der Waals surface area contributed by atoms with E-state index in [0.29, 0.717) is 22.8 Å². The summed E-state index contributed by atoms with van der Waals surface area (Å²) >= 11 is 6.02. The summed E-state index contributed by atoms with van der Waals surface area (Å²) in [5, 5.41) is 0.583. The Morgan fingerprint density at radius 1 is 1.05 bits per heavy atom. The van der Waals surface area contributed by atoms with E-state index in [2.05, 4.69) is 9.98 Å². The molecule has 0 bridgehead atoms. The van der Waals surface area contributed by atoms with Gasteiger partial charge in [0, 0.05) is 22.4 Å². The molecule has 19 heavy (non-hydrogen) atoms. The van der Waals surface area contributed by atoms with Crippen LogP contribution in [0.2, 0.25) is 5.02 Å². The molecule has 0 saturated heterocycles. The lowest BCUT2D eigenvalue weighted by molar-refractivity contribution is 0.625. The maximum absolute atomic E-state index is 13.9. The molecule has 0 atom stereocenters. The van der Waals surface area contributed by atoms with Crippen LogP contribution in [-0.4, -0.2) is 18.5 Å². The average molecular weight is 273 g/mol. The van der Waals surface area contributed by atoms with Crippen molar-refractivity contribution in [2.24, 2.45) is 9.98 Å². The van der Waals surface area contributed by atoms with Gasteiger partial charge in [-0.3, -0.25) is 9.98 Å². The number of halogens is 2. The fraction of sp³-hybridized carbons (Fsp3) is 0.0667. The summed E-state index contributed by atoms with van der Waals surface area (Å²) in [5.41, 5.74) is 2.57. The van der Waals surface area contributed by atoms with Gasteiger partial charge in [-0.2, -0.15) is 0 Å². The molecule has 0 aliphatic carbocycles. The van der Waals surface area contributed by atoms with Crippen molar-refractivity contribution >= 4 is 29.2 Å². The van der Waals surface area contributed by atoms with Crippen LogP contribution in [0, 0.1) is 5.82 Å². The first-order valence-corrected chi connectivity index (χ1v) is 6.25. The maximum Gasteiger partial charge on any atom is 0.132 e. The van der Waals surface area contributed by atoms with Gasteiger partial charge in [0.1, 0.15) is 5.82 Å². The standard InChI is InChI=1S/C15H10ClFN2/c16-10-5-6-14-12(9-10)15(19-8-7-18-14)11-3-1-2-4-13(11)17/h1-7,9H,8H2. The third-order valence-electron chi connectivity index (χ3n) is 2.90.